The van der Waals surface area contributed by atoms with Crippen LogP contribution in [0.25, 0.3) is 0 Å². The van der Waals surface area contributed by atoms with Gasteiger partial charge < -0.3 is 52.3 Å². The lowest BCUT2D eigenvalue weighted by Crippen LogP contribution is -2.62. The number of hydrogen-bond donors (Lipinski definition) is 8. The zero-order valence-electron chi connectivity index (χ0n) is 51.0. The molecule has 8 N–H and O–H groups in total. The second-order valence-electron chi connectivity index (χ2n) is 25.4. The van der Waals surface area contributed by atoms with Crippen LogP contribution in [-0.4, -0.2) is 155 Å². The van der Waals surface area contributed by atoms with Gasteiger partial charge in [0, 0.05) is 25.7 Å². The molecule has 2 aromatic rings. The van der Waals surface area contributed by atoms with Crippen molar-refractivity contribution < 1.29 is 56.7 Å². The van der Waals surface area contributed by atoms with Crippen LogP contribution < -0.4 is 42.5 Å². The maximum atomic E-state index is 15.7. The number of amides is 10. The van der Waals surface area contributed by atoms with Crippen molar-refractivity contribution in [3.8, 4) is 0 Å². The SMILES string of the molecule is CC(C)C[C@@H]1NC(=O)[C@H](CC(C)C)NC(=O)[C@H](C(C)C)NC(=O)[C@@H]2C[C@@H](F)CN2C(=O)[C@@H](Cc2ccccc2)NC(=O)[C@H](CC(C)C)NC(=O)[C@H](CC(C)C)NC(=O)[C@H](C(C)C)NC(=O)[C@@H]2C[C@@H](F)CN2C(=O)[C@@H](Cc2ccccc2)NC1=O. The molecule has 3 aliphatic heterocycles. The van der Waals surface area contributed by atoms with Crippen molar-refractivity contribution >= 4 is 59.1 Å². The first-order chi connectivity index (χ1) is 39.5. The number of nitrogens with zero attached hydrogens (tertiary/aromatic N) is 2. The van der Waals surface area contributed by atoms with Gasteiger partial charge in [-0.15, -0.1) is 0 Å². The van der Waals surface area contributed by atoms with E-state index in [0.29, 0.717) is 11.1 Å². The molecule has 84 heavy (non-hydrogen) atoms. The molecule has 0 aliphatic carbocycles. The number of nitrogens with one attached hydrogen (secondary N) is 8. The van der Waals surface area contributed by atoms with E-state index in [4.69, 9.17) is 0 Å². The third-order valence-corrected chi connectivity index (χ3v) is 15.3. The minimum Gasteiger partial charge on any atom is -0.343 e. The molecule has 464 valence electrons. The van der Waals surface area contributed by atoms with Crippen LogP contribution in [0.2, 0.25) is 0 Å². The molecule has 0 aromatic heterocycles. The second kappa shape index (κ2) is 31.2. The molecule has 10 amide bonds. The number of carbonyl (C=O) groups is 10. The van der Waals surface area contributed by atoms with E-state index < -0.39 is 170 Å². The predicted octanol–water partition coefficient (Wildman–Crippen LogP) is 3.74. The molecule has 3 heterocycles. The molecule has 3 aliphatic rings. The number of halogens is 2. The van der Waals surface area contributed by atoms with E-state index >= 15 is 8.78 Å². The summed E-state index contributed by atoms with van der Waals surface area (Å²) in [6.07, 6.45) is -4.14. The van der Waals surface area contributed by atoms with Crippen molar-refractivity contribution in [1.29, 1.82) is 0 Å². The number of rotatable bonds is 14. The highest BCUT2D eigenvalue weighted by molar-refractivity contribution is 6.00. The molecule has 22 heteroatoms. The molecule has 20 nitrogen and oxygen atoms in total. The van der Waals surface area contributed by atoms with Gasteiger partial charge in [-0.25, -0.2) is 8.78 Å². The summed E-state index contributed by atoms with van der Waals surface area (Å²) in [5.41, 5.74) is 1.22. The number of carbonyl (C=O) groups excluding carboxylic acids is 10. The molecule has 0 bridgehead atoms. The Morgan fingerprint density at radius 3 is 0.893 bits per heavy atom. The van der Waals surface area contributed by atoms with Gasteiger partial charge in [0.1, 0.15) is 72.8 Å². The van der Waals surface area contributed by atoms with E-state index in [9.17, 15) is 47.9 Å². The van der Waals surface area contributed by atoms with Crippen molar-refractivity contribution in [3.05, 3.63) is 71.8 Å². The third-order valence-electron chi connectivity index (χ3n) is 15.3. The van der Waals surface area contributed by atoms with Gasteiger partial charge in [-0.3, -0.25) is 47.9 Å². The number of fused-ring (bicyclic) bond motifs is 2. The van der Waals surface area contributed by atoms with Crippen molar-refractivity contribution in [3.63, 3.8) is 0 Å². The highest BCUT2D eigenvalue weighted by Gasteiger charge is 2.46. The summed E-state index contributed by atoms with van der Waals surface area (Å²) in [6, 6.07) is 3.95. The van der Waals surface area contributed by atoms with E-state index in [1.165, 1.54) is 0 Å². The fourth-order valence-electron chi connectivity index (χ4n) is 11.0. The van der Waals surface area contributed by atoms with Crippen LogP contribution in [0.3, 0.4) is 0 Å². The zero-order valence-corrected chi connectivity index (χ0v) is 51.0. The van der Waals surface area contributed by atoms with E-state index in [2.05, 4.69) is 42.5 Å². The fraction of sp³-hybridized carbons (Fsp3) is 0.645. The Morgan fingerprint density at radius 2 is 0.631 bits per heavy atom. The highest BCUT2D eigenvalue weighted by Crippen LogP contribution is 2.26. The van der Waals surface area contributed by atoms with E-state index in [-0.39, 0.29) is 62.2 Å². The summed E-state index contributed by atoms with van der Waals surface area (Å²) in [4.78, 5) is 148. The quantitative estimate of drug-likeness (QED) is 0.136. The average Bonchev–Trinajstić information content (AvgIpc) is 3.70. The summed E-state index contributed by atoms with van der Waals surface area (Å²) < 4.78 is 31.5. The largest absolute Gasteiger partial charge is 0.343 e. The van der Waals surface area contributed by atoms with E-state index in [1.54, 1.807) is 88.4 Å². The van der Waals surface area contributed by atoms with Crippen LogP contribution in [0.15, 0.2) is 60.7 Å². The Kier molecular flexibility index (Phi) is 25.2. The average molecular weight is 1180 g/mol. The second-order valence-corrected chi connectivity index (χ2v) is 25.4. The normalized spacial score (nSPS) is 28.1. The molecule has 3 fully saturated rings. The minimum atomic E-state index is -1.67. The molecule has 0 spiro atoms. The van der Waals surface area contributed by atoms with Crippen LogP contribution in [0, 0.1) is 35.5 Å². The molecule has 12 atom stereocenters. The van der Waals surface area contributed by atoms with Crippen molar-refractivity contribution in [2.45, 2.75) is 207 Å². The lowest BCUT2D eigenvalue weighted by molar-refractivity contribution is -0.143. The van der Waals surface area contributed by atoms with Crippen LogP contribution in [0.1, 0.15) is 133 Å². The van der Waals surface area contributed by atoms with E-state index in [1.807, 2.05) is 55.4 Å². The number of hydrogen-bond acceptors (Lipinski definition) is 10. The standard InChI is InChI=1S/C62H92F2N10O10/c1-33(2)23-43-55(77)69-47(27-39-19-15-13-16-20-39)61(83)73-31-41(63)29-49(73)57(79)72-52(38(11)12)60(82)68-46(26-36(7)8)54(76)66-44(24-34(3)4)56(78)70-48(28-40-21-17-14-18-22-40)62(84)74-32-42(64)30-50(74)58(80)71-51(37(9)10)59(81)67-45(25-35(5)6)53(75)65-43/h13-22,33-38,41-52H,23-32H2,1-12H3,(H,65,75)(H,66,76)(H,67,81)(H,68,82)(H,69,77)(H,70,78)(H,71,80)(H,72,79)/t41-,42-,43+,44+,45+,46+,47-,48-,49+,50+,51+,52+/m1/s1. The molecular formula is C62H92F2N10O10. The van der Waals surface area contributed by atoms with Crippen molar-refractivity contribution in [2.75, 3.05) is 13.1 Å². The van der Waals surface area contributed by atoms with Gasteiger partial charge in [0.25, 0.3) is 0 Å². The molecule has 5 rings (SSSR count). The topological polar surface area (TPSA) is 273 Å². The minimum absolute atomic E-state index is 0.0665. The summed E-state index contributed by atoms with van der Waals surface area (Å²) in [5, 5.41) is 22.2. The zero-order chi connectivity index (χ0) is 62.3. The number of benzene rings is 2. The molecule has 0 saturated carbocycles. The summed E-state index contributed by atoms with van der Waals surface area (Å²) in [7, 11) is 0. The molecule has 2 aromatic carbocycles. The van der Waals surface area contributed by atoms with Gasteiger partial charge in [-0.05, 0) is 72.3 Å². The fourth-order valence-corrected chi connectivity index (χ4v) is 11.0. The Bertz CT molecular complexity index is 2430. The maximum absolute atomic E-state index is 15.7. The lowest BCUT2D eigenvalue weighted by Gasteiger charge is -2.33. The molecule has 0 radical (unpaired) electrons. The van der Waals surface area contributed by atoms with Crippen molar-refractivity contribution in [1.82, 2.24) is 52.3 Å². The monoisotopic (exact) mass is 1170 g/mol. The Hall–Kier alpha value is -7.00. The summed E-state index contributed by atoms with van der Waals surface area (Å²) in [5.74, 6) is -9.94. The smallest absolute Gasteiger partial charge is 0.246 e. The Labute approximate surface area is 494 Å². The van der Waals surface area contributed by atoms with E-state index in [0.717, 1.165) is 9.80 Å². The van der Waals surface area contributed by atoms with Gasteiger partial charge in [-0.1, -0.05) is 144 Å². The predicted molar refractivity (Wildman–Crippen MR) is 313 cm³/mol. The van der Waals surface area contributed by atoms with Crippen LogP contribution in [-0.2, 0) is 60.8 Å². The Morgan fingerprint density at radius 1 is 0.369 bits per heavy atom. The maximum Gasteiger partial charge on any atom is 0.246 e. The first kappa shape index (κ1) is 67.8. The van der Waals surface area contributed by atoms with Gasteiger partial charge in [-0.2, -0.15) is 0 Å². The first-order valence-corrected chi connectivity index (χ1v) is 29.9. The third kappa shape index (κ3) is 19.5. The van der Waals surface area contributed by atoms with Gasteiger partial charge >= 0.3 is 0 Å². The van der Waals surface area contributed by atoms with Gasteiger partial charge in [0.15, 0.2) is 0 Å². The molecular weight excluding hydrogens is 1080 g/mol. The van der Waals surface area contributed by atoms with Crippen LogP contribution >= 0.6 is 0 Å². The van der Waals surface area contributed by atoms with Crippen LogP contribution in [0.5, 0.6) is 0 Å². The number of alkyl halides is 2. The first-order valence-electron chi connectivity index (χ1n) is 29.9. The molecule has 0 unspecified atom stereocenters. The highest BCUT2D eigenvalue weighted by atomic mass is 19.1. The van der Waals surface area contributed by atoms with Crippen molar-refractivity contribution in [2.24, 2.45) is 35.5 Å². The van der Waals surface area contributed by atoms with Gasteiger partial charge in [0.2, 0.25) is 59.1 Å². The summed E-state index contributed by atoms with van der Waals surface area (Å²) >= 11 is 0. The van der Waals surface area contributed by atoms with Gasteiger partial charge in [0.05, 0.1) is 13.1 Å². The lowest BCUT2D eigenvalue weighted by atomic mass is 9.97. The Balaban J connectivity index is 1.62. The summed E-state index contributed by atoms with van der Waals surface area (Å²) in [6.45, 7) is 20.2. The van der Waals surface area contributed by atoms with Crippen LogP contribution in [0.4, 0.5) is 8.78 Å². The molecule has 3 saturated heterocycles.